The third kappa shape index (κ3) is 4.27. The number of carbonyl (C=O) groups is 1. The summed E-state index contributed by atoms with van der Waals surface area (Å²) in [6, 6.07) is 0.203. The quantitative estimate of drug-likeness (QED) is 0.456. The van der Waals surface area contributed by atoms with E-state index >= 15 is 0 Å². The maximum absolute atomic E-state index is 12.8. The zero-order valence-electron chi connectivity index (χ0n) is 18.8. The predicted molar refractivity (Wildman–Crippen MR) is 125 cm³/mol. The molecule has 1 aliphatic heterocycles. The zero-order chi connectivity index (χ0) is 22.5. The average molecular weight is 479 g/mol. The normalized spacial score (nSPS) is 35.7. The molecule has 2 atom stereocenters. The number of nitrogens with one attached hydrogen (secondary N) is 1. The topological polar surface area (TPSA) is 93.9 Å². The predicted octanol–water partition coefficient (Wildman–Crippen LogP) is 3.18. The maximum Gasteiger partial charge on any atom is 0.230 e. The number of amides is 1. The summed E-state index contributed by atoms with van der Waals surface area (Å²) in [6.07, 6.45) is 10.4. The minimum absolute atomic E-state index is 0.0383. The Labute approximate surface area is 195 Å². The summed E-state index contributed by atoms with van der Waals surface area (Å²) in [7, 11) is -3.00. The molecule has 1 aromatic rings. The van der Waals surface area contributed by atoms with Crippen LogP contribution in [0.3, 0.4) is 0 Å². The molecule has 1 aromatic heterocycles. The van der Waals surface area contributed by atoms with Crippen LogP contribution in [0.4, 0.5) is 0 Å². The van der Waals surface area contributed by atoms with Crippen LogP contribution in [0.2, 0.25) is 0 Å². The smallest absolute Gasteiger partial charge is 0.230 e. The standard InChI is InChI=1S/C23H34N4O3S2/c1-3-5-27-21(19-4-6-32(29,30)14-19)25-26-22(27)31-13-20(28)24-15(2)23-10-16-7-17(11-23)9-18(8-16)12-23/h3,15-19H,1,4-14H2,2H3,(H,24,28)/t15-,16?,17?,18?,19+,23?/m0/s1. The molecule has 0 spiro atoms. The van der Waals surface area contributed by atoms with Crippen LogP contribution in [-0.2, 0) is 21.2 Å². The Morgan fingerprint density at radius 3 is 2.47 bits per heavy atom. The molecule has 6 rings (SSSR count). The third-order valence-electron chi connectivity index (χ3n) is 8.37. The molecule has 32 heavy (non-hydrogen) atoms. The molecule has 2 heterocycles. The molecule has 5 aliphatic rings. The number of carbonyl (C=O) groups excluding carboxylic acids is 1. The van der Waals surface area contributed by atoms with Gasteiger partial charge in [0, 0.05) is 18.5 Å². The summed E-state index contributed by atoms with van der Waals surface area (Å²) in [4.78, 5) is 12.8. The van der Waals surface area contributed by atoms with Gasteiger partial charge in [-0.25, -0.2) is 8.42 Å². The molecule has 5 fully saturated rings. The number of thioether (sulfide) groups is 1. The Balaban J connectivity index is 1.21. The zero-order valence-corrected chi connectivity index (χ0v) is 20.5. The van der Waals surface area contributed by atoms with E-state index < -0.39 is 9.84 Å². The lowest BCUT2D eigenvalue weighted by molar-refractivity contribution is -0.123. The van der Waals surface area contributed by atoms with E-state index in [1.165, 1.54) is 50.3 Å². The van der Waals surface area contributed by atoms with E-state index in [1.54, 1.807) is 6.08 Å². The van der Waals surface area contributed by atoms with E-state index in [9.17, 15) is 13.2 Å². The van der Waals surface area contributed by atoms with Gasteiger partial charge in [0.05, 0.1) is 17.3 Å². The Bertz CT molecular complexity index is 968. The molecule has 0 radical (unpaired) electrons. The molecule has 7 nitrogen and oxygen atoms in total. The van der Waals surface area contributed by atoms with Crippen LogP contribution < -0.4 is 5.32 Å². The molecule has 4 aliphatic carbocycles. The molecular weight excluding hydrogens is 444 g/mol. The van der Waals surface area contributed by atoms with Gasteiger partial charge in [0.2, 0.25) is 5.91 Å². The molecule has 4 saturated carbocycles. The van der Waals surface area contributed by atoms with Gasteiger partial charge in [-0.3, -0.25) is 4.79 Å². The molecule has 176 valence electrons. The number of hydrogen-bond donors (Lipinski definition) is 1. The van der Waals surface area contributed by atoms with E-state index in [0.717, 1.165) is 17.8 Å². The molecule has 1 saturated heterocycles. The molecule has 9 heteroatoms. The average Bonchev–Trinajstić information content (AvgIpc) is 3.28. The highest BCUT2D eigenvalue weighted by molar-refractivity contribution is 7.99. The minimum Gasteiger partial charge on any atom is -0.352 e. The van der Waals surface area contributed by atoms with E-state index in [1.807, 2.05) is 4.57 Å². The van der Waals surface area contributed by atoms with Crippen molar-refractivity contribution in [1.82, 2.24) is 20.1 Å². The summed E-state index contributed by atoms with van der Waals surface area (Å²) in [5, 5.41) is 12.6. The lowest BCUT2D eigenvalue weighted by Gasteiger charge is -2.59. The lowest BCUT2D eigenvalue weighted by Crippen LogP contribution is -2.56. The SMILES string of the molecule is C=CCn1c(SCC(=O)N[C@@H](C)C23CC4CC(CC(C4)C2)C3)nnc1[C@@H]1CCS(=O)(=O)C1. The van der Waals surface area contributed by atoms with Crippen molar-refractivity contribution in [3.63, 3.8) is 0 Å². The van der Waals surface area contributed by atoms with Crippen molar-refractivity contribution in [3.8, 4) is 0 Å². The van der Waals surface area contributed by atoms with Crippen molar-refractivity contribution < 1.29 is 13.2 Å². The second-order valence-corrected chi connectivity index (χ2v) is 13.9. The molecule has 4 bridgehead atoms. The third-order valence-corrected chi connectivity index (χ3v) is 11.1. The van der Waals surface area contributed by atoms with Crippen LogP contribution in [0.25, 0.3) is 0 Å². The molecular formula is C23H34N4O3S2. The minimum atomic E-state index is -3.00. The number of hydrogen-bond acceptors (Lipinski definition) is 6. The van der Waals surface area contributed by atoms with Crippen molar-refractivity contribution in [3.05, 3.63) is 18.5 Å². The Hall–Kier alpha value is -1.35. The van der Waals surface area contributed by atoms with Crippen LogP contribution in [0.15, 0.2) is 17.8 Å². The van der Waals surface area contributed by atoms with Gasteiger partial charge in [-0.15, -0.1) is 16.8 Å². The van der Waals surface area contributed by atoms with Gasteiger partial charge >= 0.3 is 0 Å². The Morgan fingerprint density at radius 1 is 1.25 bits per heavy atom. The largest absolute Gasteiger partial charge is 0.352 e. The summed E-state index contributed by atoms with van der Waals surface area (Å²) in [5.74, 6) is 3.80. The van der Waals surface area contributed by atoms with Gasteiger partial charge in [-0.2, -0.15) is 0 Å². The Kier molecular flexibility index (Phi) is 5.93. The first kappa shape index (κ1) is 22.4. The number of nitrogens with zero attached hydrogens (tertiary/aromatic N) is 3. The van der Waals surface area contributed by atoms with Gasteiger partial charge in [0.25, 0.3) is 0 Å². The molecule has 0 unspecified atom stereocenters. The highest BCUT2D eigenvalue weighted by Gasteiger charge is 2.53. The van der Waals surface area contributed by atoms with Gasteiger partial charge in [-0.1, -0.05) is 17.8 Å². The monoisotopic (exact) mass is 478 g/mol. The highest BCUT2D eigenvalue weighted by atomic mass is 32.2. The first-order valence-electron chi connectivity index (χ1n) is 11.9. The van der Waals surface area contributed by atoms with E-state index in [4.69, 9.17) is 0 Å². The van der Waals surface area contributed by atoms with Crippen LogP contribution >= 0.6 is 11.8 Å². The first-order chi connectivity index (χ1) is 15.3. The van der Waals surface area contributed by atoms with E-state index in [2.05, 4.69) is 29.0 Å². The molecule has 1 N–H and O–H groups in total. The summed E-state index contributed by atoms with van der Waals surface area (Å²) < 4.78 is 25.7. The fourth-order valence-corrected chi connectivity index (χ4v) is 9.79. The van der Waals surface area contributed by atoms with E-state index in [-0.39, 0.29) is 35.1 Å². The van der Waals surface area contributed by atoms with Crippen molar-refractivity contribution in [2.24, 2.45) is 23.2 Å². The van der Waals surface area contributed by atoms with Crippen LogP contribution in [-0.4, -0.2) is 52.4 Å². The van der Waals surface area contributed by atoms with Gasteiger partial charge in [0.15, 0.2) is 15.0 Å². The highest BCUT2D eigenvalue weighted by Crippen LogP contribution is 2.61. The fourth-order valence-electron chi connectivity index (χ4n) is 7.28. The first-order valence-corrected chi connectivity index (χ1v) is 14.7. The summed E-state index contributed by atoms with van der Waals surface area (Å²) in [6.45, 7) is 6.52. The lowest BCUT2D eigenvalue weighted by atomic mass is 9.48. The second-order valence-electron chi connectivity index (χ2n) is 10.7. The van der Waals surface area contributed by atoms with Crippen LogP contribution in [0, 0.1) is 23.2 Å². The van der Waals surface area contributed by atoms with Gasteiger partial charge < -0.3 is 9.88 Å². The maximum atomic E-state index is 12.8. The van der Waals surface area contributed by atoms with Gasteiger partial charge in [-0.05, 0) is 75.0 Å². The fraction of sp³-hybridized carbons (Fsp3) is 0.783. The number of sulfone groups is 1. The van der Waals surface area contributed by atoms with Crippen LogP contribution in [0.5, 0.6) is 0 Å². The van der Waals surface area contributed by atoms with E-state index in [0.29, 0.717) is 29.4 Å². The summed E-state index contributed by atoms with van der Waals surface area (Å²) in [5.41, 5.74) is 0.291. The number of aromatic nitrogens is 3. The van der Waals surface area contributed by atoms with Crippen LogP contribution in [0.1, 0.15) is 63.6 Å². The van der Waals surface area contributed by atoms with Crippen molar-refractivity contribution in [2.45, 2.75) is 75.5 Å². The van der Waals surface area contributed by atoms with Crippen molar-refractivity contribution in [2.75, 3.05) is 17.3 Å². The number of allylic oxidation sites excluding steroid dienone is 1. The Morgan fingerprint density at radius 2 is 1.91 bits per heavy atom. The molecule has 1 amide bonds. The van der Waals surface area contributed by atoms with Crippen molar-refractivity contribution in [1.29, 1.82) is 0 Å². The number of rotatable bonds is 8. The van der Waals surface area contributed by atoms with Crippen molar-refractivity contribution >= 4 is 27.5 Å². The molecule has 0 aromatic carbocycles. The second kappa shape index (κ2) is 8.46. The summed E-state index contributed by atoms with van der Waals surface area (Å²) >= 11 is 1.37. The van der Waals surface area contributed by atoms with Gasteiger partial charge in [0.1, 0.15) is 5.82 Å².